The number of hydrogen-bond donors (Lipinski definition) is 2. The van der Waals surface area contributed by atoms with Gasteiger partial charge in [0.25, 0.3) is 5.91 Å². The van der Waals surface area contributed by atoms with E-state index in [0.717, 1.165) is 17.8 Å². The number of Topliss-reactive ketones (excluding diaryl/α,β-unsaturated/α-hetero) is 1. The number of hydrogen-bond acceptors (Lipinski definition) is 7. The van der Waals surface area contributed by atoms with Gasteiger partial charge in [-0.3, -0.25) is 24.7 Å². The summed E-state index contributed by atoms with van der Waals surface area (Å²) in [6.07, 6.45) is 4.38. The molecule has 3 aromatic heterocycles. The Kier molecular flexibility index (Phi) is 5.77. The number of carbonyl (C=O) groups excluding carboxylic acids is 3. The maximum absolute atomic E-state index is 12.5. The van der Waals surface area contributed by atoms with Crippen molar-refractivity contribution in [3.05, 3.63) is 63.1 Å². The molecule has 9 heteroatoms. The van der Waals surface area contributed by atoms with Crippen LogP contribution in [0.3, 0.4) is 0 Å². The number of fused-ring (bicyclic) bond motifs is 1. The number of nitrogens with one attached hydrogen (secondary N) is 2. The summed E-state index contributed by atoms with van der Waals surface area (Å²) in [6.45, 7) is 0.542. The molecule has 2 amide bonds. The van der Waals surface area contributed by atoms with Crippen LogP contribution in [0.1, 0.15) is 37.0 Å². The topological polar surface area (TPSA) is 101 Å². The second-order valence-corrected chi connectivity index (χ2v) is 8.67. The van der Waals surface area contributed by atoms with E-state index in [4.69, 9.17) is 0 Å². The van der Waals surface area contributed by atoms with Crippen LogP contribution in [0.2, 0.25) is 0 Å². The molecular weight excluding hydrogens is 408 g/mol. The highest BCUT2D eigenvalue weighted by atomic mass is 32.1. The largest absolute Gasteiger partial charge is 0.355 e. The van der Waals surface area contributed by atoms with Crippen LogP contribution < -0.4 is 10.6 Å². The van der Waals surface area contributed by atoms with Crippen molar-refractivity contribution in [3.8, 4) is 0 Å². The van der Waals surface area contributed by atoms with Gasteiger partial charge < -0.3 is 5.32 Å². The van der Waals surface area contributed by atoms with Crippen molar-refractivity contribution in [2.24, 2.45) is 5.92 Å². The molecule has 0 aromatic carbocycles. The van der Waals surface area contributed by atoms with E-state index >= 15 is 0 Å². The Morgan fingerprint density at radius 3 is 2.86 bits per heavy atom. The number of aromatic nitrogens is 2. The summed E-state index contributed by atoms with van der Waals surface area (Å²) in [6, 6.07) is 7.34. The van der Waals surface area contributed by atoms with Crippen LogP contribution in [0.5, 0.6) is 0 Å². The van der Waals surface area contributed by atoms with E-state index in [1.807, 2.05) is 17.5 Å². The predicted octanol–water partition coefficient (Wildman–Crippen LogP) is 2.96. The lowest BCUT2D eigenvalue weighted by atomic mass is 9.89. The SMILES string of the molecule is O=C(Nc1nc2c(s1)C(=O)C[C@@H](C(=O)NCCc1cccs1)C2)c1cccnc1. The van der Waals surface area contributed by atoms with Gasteiger partial charge in [-0.25, -0.2) is 4.98 Å². The average molecular weight is 427 g/mol. The maximum Gasteiger partial charge on any atom is 0.259 e. The lowest BCUT2D eigenvalue weighted by Gasteiger charge is -2.19. The average Bonchev–Trinajstić information content (AvgIpc) is 3.38. The van der Waals surface area contributed by atoms with Crippen LogP contribution in [0.4, 0.5) is 5.13 Å². The molecule has 1 atom stereocenters. The standard InChI is InChI=1S/C20H18N4O3S2/c25-16-10-13(18(26)22-7-5-14-4-2-8-28-14)9-15-17(16)29-20(23-15)24-19(27)12-3-1-6-21-11-12/h1-4,6,8,11,13H,5,7,9-10H2,(H,22,26)(H,23,24,27)/t13-/m0/s1. The van der Waals surface area contributed by atoms with Crippen LogP contribution in [0, 0.1) is 5.92 Å². The molecule has 0 radical (unpaired) electrons. The van der Waals surface area contributed by atoms with E-state index in [-0.39, 0.29) is 24.0 Å². The lowest BCUT2D eigenvalue weighted by Crippen LogP contribution is -2.36. The Hall–Kier alpha value is -2.91. The van der Waals surface area contributed by atoms with Crippen LogP contribution in [-0.2, 0) is 17.6 Å². The zero-order valence-corrected chi connectivity index (χ0v) is 17.0. The van der Waals surface area contributed by atoms with E-state index in [2.05, 4.69) is 20.6 Å². The Labute approximate surface area is 175 Å². The van der Waals surface area contributed by atoms with Crippen LogP contribution >= 0.6 is 22.7 Å². The fraction of sp³-hybridized carbons (Fsp3) is 0.250. The third-order valence-electron chi connectivity index (χ3n) is 4.59. The molecule has 0 aliphatic heterocycles. The molecular formula is C20H18N4O3S2. The molecule has 4 rings (SSSR count). The Morgan fingerprint density at radius 2 is 2.10 bits per heavy atom. The minimum Gasteiger partial charge on any atom is -0.355 e. The molecule has 2 N–H and O–H groups in total. The third kappa shape index (κ3) is 4.57. The number of amides is 2. The lowest BCUT2D eigenvalue weighted by molar-refractivity contribution is -0.125. The predicted molar refractivity (Wildman–Crippen MR) is 111 cm³/mol. The summed E-state index contributed by atoms with van der Waals surface area (Å²) in [5.74, 6) is -1.000. The molecule has 0 saturated heterocycles. The molecule has 3 heterocycles. The zero-order valence-electron chi connectivity index (χ0n) is 15.4. The number of carbonyl (C=O) groups is 3. The maximum atomic E-state index is 12.5. The summed E-state index contributed by atoms with van der Waals surface area (Å²) >= 11 is 2.81. The number of nitrogens with zero attached hydrogens (tertiary/aromatic N) is 2. The number of anilines is 1. The zero-order chi connectivity index (χ0) is 20.2. The van der Waals surface area contributed by atoms with Gasteiger partial charge in [0.05, 0.1) is 22.1 Å². The van der Waals surface area contributed by atoms with Crippen LogP contribution in [-0.4, -0.2) is 34.1 Å². The van der Waals surface area contributed by atoms with Crippen molar-refractivity contribution >= 4 is 45.4 Å². The second kappa shape index (κ2) is 8.62. The highest BCUT2D eigenvalue weighted by Gasteiger charge is 2.33. The van der Waals surface area contributed by atoms with E-state index in [0.29, 0.717) is 34.2 Å². The molecule has 3 aromatic rings. The number of rotatable bonds is 6. The van der Waals surface area contributed by atoms with Gasteiger partial charge in [-0.15, -0.1) is 11.3 Å². The highest BCUT2D eigenvalue weighted by molar-refractivity contribution is 7.17. The molecule has 1 aliphatic rings. The van der Waals surface area contributed by atoms with Crippen molar-refractivity contribution in [2.75, 3.05) is 11.9 Å². The Bertz CT molecular complexity index is 1030. The van der Waals surface area contributed by atoms with Crippen molar-refractivity contribution in [2.45, 2.75) is 19.3 Å². The van der Waals surface area contributed by atoms with Crippen LogP contribution in [0.25, 0.3) is 0 Å². The minimum atomic E-state index is -0.428. The Balaban J connectivity index is 1.38. The van der Waals surface area contributed by atoms with Crippen molar-refractivity contribution < 1.29 is 14.4 Å². The van der Waals surface area contributed by atoms with E-state index in [1.54, 1.807) is 29.7 Å². The summed E-state index contributed by atoms with van der Waals surface area (Å²) < 4.78 is 0. The number of thiophene rings is 1. The number of pyridine rings is 1. The van der Waals surface area contributed by atoms with Gasteiger partial charge >= 0.3 is 0 Å². The molecule has 29 heavy (non-hydrogen) atoms. The fourth-order valence-corrected chi connectivity index (χ4v) is 4.79. The van der Waals surface area contributed by atoms with Crippen molar-refractivity contribution in [1.29, 1.82) is 0 Å². The molecule has 0 saturated carbocycles. The molecule has 1 aliphatic carbocycles. The quantitative estimate of drug-likeness (QED) is 0.631. The van der Waals surface area contributed by atoms with Gasteiger partial charge in [-0.1, -0.05) is 17.4 Å². The Morgan fingerprint density at radius 1 is 1.21 bits per heavy atom. The monoisotopic (exact) mass is 426 g/mol. The summed E-state index contributed by atoms with van der Waals surface area (Å²) in [5.41, 5.74) is 0.987. The van der Waals surface area contributed by atoms with Crippen molar-refractivity contribution in [3.63, 3.8) is 0 Å². The molecule has 0 fully saturated rings. The number of ketones is 1. The molecule has 0 bridgehead atoms. The van der Waals surface area contributed by atoms with Gasteiger partial charge in [0.2, 0.25) is 5.91 Å². The summed E-state index contributed by atoms with van der Waals surface area (Å²) in [4.78, 5) is 47.3. The molecule has 7 nitrogen and oxygen atoms in total. The first kappa shape index (κ1) is 19.4. The first-order valence-corrected chi connectivity index (χ1v) is 10.8. The first-order chi connectivity index (χ1) is 14.1. The van der Waals surface area contributed by atoms with Gasteiger partial charge in [0.15, 0.2) is 10.9 Å². The minimum absolute atomic E-state index is 0.107. The summed E-state index contributed by atoms with van der Waals surface area (Å²) in [7, 11) is 0. The summed E-state index contributed by atoms with van der Waals surface area (Å²) in [5, 5.41) is 7.99. The van der Waals surface area contributed by atoms with Crippen LogP contribution in [0.15, 0.2) is 42.0 Å². The first-order valence-electron chi connectivity index (χ1n) is 9.14. The van der Waals surface area contributed by atoms with Gasteiger partial charge in [-0.05, 0) is 30.0 Å². The molecule has 0 spiro atoms. The highest BCUT2D eigenvalue weighted by Crippen LogP contribution is 2.32. The molecule has 0 unspecified atom stereocenters. The van der Waals surface area contributed by atoms with Gasteiger partial charge in [0, 0.05) is 36.7 Å². The van der Waals surface area contributed by atoms with E-state index < -0.39 is 5.92 Å². The second-order valence-electron chi connectivity index (χ2n) is 6.64. The van der Waals surface area contributed by atoms with E-state index in [9.17, 15) is 14.4 Å². The van der Waals surface area contributed by atoms with Gasteiger partial charge in [0.1, 0.15) is 0 Å². The fourth-order valence-electron chi connectivity index (χ4n) is 3.14. The number of thiazole rings is 1. The smallest absolute Gasteiger partial charge is 0.259 e. The molecule has 148 valence electrons. The normalized spacial score (nSPS) is 15.6. The van der Waals surface area contributed by atoms with E-state index in [1.165, 1.54) is 11.1 Å². The third-order valence-corrected chi connectivity index (χ3v) is 6.58. The van der Waals surface area contributed by atoms with Gasteiger partial charge in [-0.2, -0.15) is 0 Å². The van der Waals surface area contributed by atoms with Crippen molar-refractivity contribution in [1.82, 2.24) is 15.3 Å².